The smallest absolute Gasteiger partial charge is 0.328 e. The van der Waals surface area contributed by atoms with E-state index in [9.17, 15) is 14.9 Å². The Balaban J connectivity index is 1.97. The number of ether oxygens (including phenoxy) is 1. The van der Waals surface area contributed by atoms with Crippen LogP contribution in [0.25, 0.3) is 10.1 Å². The van der Waals surface area contributed by atoms with Crippen LogP contribution in [0.4, 0.5) is 10.7 Å². The van der Waals surface area contributed by atoms with Crippen LogP contribution in [0.3, 0.4) is 0 Å². The number of nitrogen functional groups attached to an aromatic ring is 1. The summed E-state index contributed by atoms with van der Waals surface area (Å²) >= 11 is 4.19. The predicted octanol–water partition coefficient (Wildman–Crippen LogP) is 4.35. The second-order valence-electron chi connectivity index (χ2n) is 6.14. The summed E-state index contributed by atoms with van der Waals surface area (Å²) in [7, 11) is 1.32. The fourth-order valence-corrected chi connectivity index (χ4v) is 5.38. The number of carbonyl (C=O) groups is 2. The molecule has 3 rings (SSSR count). The van der Waals surface area contributed by atoms with Gasteiger partial charge in [-0.1, -0.05) is 18.2 Å². The molecular formula is C20H19N3O3S3. The second-order valence-corrected chi connectivity index (χ2v) is 9.05. The van der Waals surface area contributed by atoms with E-state index in [1.54, 1.807) is 17.1 Å². The summed E-state index contributed by atoms with van der Waals surface area (Å²) in [6, 6.07) is 9.08. The van der Waals surface area contributed by atoms with Crippen molar-refractivity contribution in [1.82, 2.24) is 0 Å². The van der Waals surface area contributed by atoms with E-state index < -0.39 is 12.0 Å². The van der Waals surface area contributed by atoms with Crippen molar-refractivity contribution in [3.05, 3.63) is 45.6 Å². The first-order valence-corrected chi connectivity index (χ1v) is 11.8. The van der Waals surface area contributed by atoms with Gasteiger partial charge in [0.05, 0.1) is 12.8 Å². The number of nitrogens with two attached hydrogens (primary N) is 1. The van der Waals surface area contributed by atoms with Crippen LogP contribution >= 0.6 is 34.4 Å². The maximum absolute atomic E-state index is 13.2. The van der Waals surface area contributed by atoms with Gasteiger partial charge in [0.15, 0.2) is 0 Å². The minimum Gasteiger partial charge on any atom is -0.467 e. The first kappa shape index (κ1) is 21.2. The molecule has 1 unspecified atom stereocenters. The number of nitrogens with one attached hydrogen (secondary N) is 1. The van der Waals surface area contributed by atoms with E-state index >= 15 is 0 Å². The van der Waals surface area contributed by atoms with E-state index in [4.69, 9.17) is 10.5 Å². The summed E-state index contributed by atoms with van der Waals surface area (Å²) in [6.45, 7) is 0. The van der Waals surface area contributed by atoms with Gasteiger partial charge in [-0.15, -0.1) is 22.7 Å². The molecule has 150 valence electrons. The number of esters is 1. The van der Waals surface area contributed by atoms with E-state index in [2.05, 4.69) is 11.4 Å². The summed E-state index contributed by atoms with van der Waals surface area (Å²) in [4.78, 5) is 25.6. The summed E-state index contributed by atoms with van der Waals surface area (Å²) in [5.74, 6) is 0.0854. The zero-order valence-corrected chi connectivity index (χ0v) is 18.3. The van der Waals surface area contributed by atoms with Gasteiger partial charge < -0.3 is 15.8 Å². The molecule has 3 N–H and O–H groups in total. The van der Waals surface area contributed by atoms with Crippen molar-refractivity contribution < 1.29 is 14.3 Å². The number of methoxy groups -OCH3 is 1. The molecule has 1 aromatic carbocycles. The average molecular weight is 446 g/mol. The molecular weight excluding hydrogens is 426 g/mol. The molecule has 0 aliphatic rings. The summed E-state index contributed by atoms with van der Waals surface area (Å²) < 4.78 is 5.87. The molecule has 0 radical (unpaired) electrons. The average Bonchev–Trinajstić information content (AvgIpc) is 3.30. The number of anilines is 2. The molecule has 3 aromatic rings. The molecule has 9 heteroatoms. The number of nitrogens with zero attached hydrogens (tertiary/aromatic N) is 1. The Labute approximate surface area is 180 Å². The highest BCUT2D eigenvalue weighted by Gasteiger charge is 2.27. The van der Waals surface area contributed by atoms with Crippen molar-refractivity contribution in [3.63, 3.8) is 0 Å². The molecule has 2 heterocycles. The van der Waals surface area contributed by atoms with E-state index in [0.717, 1.165) is 27.2 Å². The van der Waals surface area contributed by atoms with Crippen molar-refractivity contribution in [3.8, 4) is 6.07 Å². The van der Waals surface area contributed by atoms with Crippen LogP contribution in [0.15, 0.2) is 29.6 Å². The SMILES string of the molecule is COC(=O)C(CCSC)Nc1sc(C(=O)c2csc3ccccc23)c(N)c1C#N. The molecule has 0 saturated heterocycles. The molecule has 2 aromatic heterocycles. The maximum atomic E-state index is 13.2. The number of ketones is 1. The van der Waals surface area contributed by atoms with Crippen LogP contribution in [-0.2, 0) is 9.53 Å². The Hall–Kier alpha value is -2.54. The largest absolute Gasteiger partial charge is 0.467 e. The fraction of sp³-hybridized carbons (Fsp3) is 0.250. The summed E-state index contributed by atoms with van der Waals surface area (Å²) in [5.41, 5.74) is 7.03. The highest BCUT2D eigenvalue weighted by Crippen LogP contribution is 2.39. The Morgan fingerprint density at radius 3 is 2.83 bits per heavy atom. The molecule has 0 aliphatic heterocycles. The number of thiophene rings is 2. The number of benzene rings is 1. The number of hydrogen-bond acceptors (Lipinski definition) is 9. The van der Waals surface area contributed by atoms with Crippen LogP contribution in [0.1, 0.15) is 27.2 Å². The number of hydrogen-bond donors (Lipinski definition) is 2. The standard InChI is InChI=1S/C20H19N3O3S3/c1-26-20(25)14(7-8-27-2)23-19-12(9-21)16(22)18(29-19)17(24)13-10-28-15-6-4-3-5-11(13)15/h3-6,10,14,23H,7-8,22H2,1-2H3. The monoisotopic (exact) mass is 445 g/mol. The van der Waals surface area contributed by atoms with Gasteiger partial charge in [-0.25, -0.2) is 4.79 Å². The Morgan fingerprint density at radius 2 is 2.14 bits per heavy atom. The van der Waals surface area contributed by atoms with Gasteiger partial charge in [0, 0.05) is 21.0 Å². The van der Waals surface area contributed by atoms with Gasteiger partial charge in [0.2, 0.25) is 5.78 Å². The molecule has 0 spiro atoms. The van der Waals surface area contributed by atoms with Crippen LogP contribution in [-0.4, -0.2) is 36.9 Å². The number of carbonyl (C=O) groups excluding carboxylic acids is 2. The van der Waals surface area contributed by atoms with Crippen LogP contribution in [0.2, 0.25) is 0 Å². The molecule has 0 bridgehead atoms. The van der Waals surface area contributed by atoms with Gasteiger partial charge in [0.1, 0.15) is 27.6 Å². The van der Waals surface area contributed by atoms with Gasteiger partial charge in [-0.05, 0) is 24.5 Å². The Bertz CT molecular complexity index is 1100. The number of thioether (sulfide) groups is 1. The van der Waals surface area contributed by atoms with Crippen LogP contribution in [0, 0.1) is 11.3 Å². The summed E-state index contributed by atoms with van der Waals surface area (Å²) in [6.07, 6.45) is 2.47. The van der Waals surface area contributed by atoms with Crippen molar-refractivity contribution in [2.45, 2.75) is 12.5 Å². The van der Waals surface area contributed by atoms with E-state index in [1.807, 2.05) is 30.5 Å². The molecule has 29 heavy (non-hydrogen) atoms. The van der Waals surface area contributed by atoms with Crippen molar-refractivity contribution in [1.29, 1.82) is 5.26 Å². The number of nitriles is 1. The number of rotatable bonds is 8. The lowest BCUT2D eigenvalue weighted by atomic mass is 10.1. The molecule has 0 aliphatic carbocycles. The van der Waals surface area contributed by atoms with Crippen LogP contribution in [0.5, 0.6) is 0 Å². The van der Waals surface area contributed by atoms with E-state index in [0.29, 0.717) is 21.9 Å². The van der Waals surface area contributed by atoms with Crippen LogP contribution < -0.4 is 11.1 Å². The maximum Gasteiger partial charge on any atom is 0.328 e. The molecule has 6 nitrogen and oxygen atoms in total. The van der Waals surface area contributed by atoms with Crippen molar-refractivity contribution in [2.75, 3.05) is 30.2 Å². The minimum absolute atomic E-state index is 0.133. The van der Waals surface area contributed by atoms with E-state index in [-0.39, 0.29) is 17.0 Å². The third kappa shape index (κ3) is 4.24. The lowest BCUT2D eigenvalue weighted by molar-refractivity contribution is -0.141. The molecule has 0 fully saturated rings. The fourth-order valence-electron chi connectivity index (χ4n) is 2.89. The lowest BCUT2D eigenvalue weighted by Crippen LogP contribution is -2.31. The van der Waals surface area contributed by atoms with Crippen molar-refractivity contribution in [2.24, 2.45) is 0 Å². The third-order valence-electron chi connectivity index (χ3n) is 4.39. The Kier molecular flexibility index (Phi) is 6.79. The third-order valence-corrected chi connectivity index (χ3v) is 7.13. The first-order valence-electron chi connectivity index (χ1n) is 8.68. The zero-order chi connectivity index (χ0) is 21.0. The highest BCUT2D eigenvalue weighted by atomic mass is 32.2. The lowest BCUT2D eigenvalue weighted by Gasteiger charge is -2.16. The first-order chi connectivity index (χ1) is 14.0. The highest BCUT2D eigenvalue weighted by molar-refractivity contribution is 7.98. The summed E-state index contributed by atoms with van der Waals surface area (Å²) in [5, 5.41) is 15.7. The molecule has 1 atom stereocenters. The van der Waals surface area contributed by atoms with Gasteiger partial charge in [-0.2, -0.15) is 17.0 Å². The minimum atomic E-state index is -0.623. The quantitative estimate of drug-likeness (QED) is 0.392. The van der Waals surface area contributed by atoms with Crippen molar-refractivity contribution >= 4 is 67.0 Å². The van der Waals surface area contributed by atoms with Gasteiger partial charge in [-0.3, -0.25) is 4.79 Å². The predicted molar refractivity (Wildman–Crippen MR) is 121 cm³/mol. The van der Waals surface area contributed by atoms with E-state index in [1.165, 1.54) is 18.4 Å². The zero-order valence-electron chi connectivity index (χ0n) is 15.9. The topological polar surface area (TPSA) is 105 Å². The molecule has 0 amide bonds. The number of fused-ring (bicyclic) bond motifs is 1. The van der Waals surface area contributed by atoms with Gasteiger partial charge in [0.25, 0.3) is 0 Å². The normalized spacial score (nSPS) is 11.8. The Morgan fingerprint density at radius 1 is 1.38 bits per heavy atom. The molecule has 0 saturated carbocycles. The second kappa shape index (κ2) is 9.31. The van der Waals surface area contributed by atoms with Gasteiger partial charge >= 0.3 is 5.97 Å².